The third kappa shape index (κ3) is 3.30. The summed E-state index contributed by atoms with van der Waals surface area (Å²) in [6.45, 7) is 0. The Balaban J connectivity index is 1.89. The Hall–Kier alpha value is -2.15. The minimum atomic E-state index is 0.146. The first kappa shape index (κ1) is 13.8. The minimum Gasteiger partial charge on any atom is -0.299 e. The van der Waals surface area contributed by atoms with Crippen molar-refractivity contribution < 1.29 is 4.79 Å². The Morgan fingerprint density at radius 1 is 0.952 bits per heavy atom. The van der Waals surface area contributed by atoms with Gasteiger partial charge in [-0.1, -0.05) is 72.8 Å². The maximum Gasteiger partial charge on any atom is 0.136 e. The lowest BCUT2D eigenvalue weighted by Crippen LogP contribution is -2.15. The molecule has 0 N–H and O–H groups in total. The summed E-state index contributed by atoms with van der Waals surface area (Å²) < 4.78 is 0. The fourth-order valence-electron chi connectivity index (χ4n) is 3.15. The van der Waals surface area contributed by atoms with Crippen molar-refractivity contribution in [1.29, 1.82) is 0 Å². The third-order valence-corrected chi connectivity index (χ3v) is 4.27. The number of allylic oxidation sites excluding steroid dienone is 1. The van der Waals surface area contributed by atoms with Crippen LogP contribution in [0.5, 0.6) is 0 Å². The Kier molecular flexibility index (Phi) is 4.30. The number of hydrogen-bond donors (Lipinski definition) is 0. The highest BCUT2D eigenvalue weighted by molar-refractivity contribution is 5.84. The topological polar surface area (TPSA) is 17.1 Å². The van der Waals surface area contributed by atoms with E-state index in [1.807, 2.05) is 24.3 Å². The maximum absolute atomic E-state index is 12.2. The van der Waals surface area contributed by atoms with Gasteiger partial charge in [0, 0.05) is 18.3 Å². The first-order valence-electron chi connectivity index (χ1n) is 7.65. The number of carbonyl (C=O) groups excluding carboxylic acids is 1. The largest absolute Gasteiger partial charge is 0.299 e. The quantitative estimate of drug-likeness (QED) is 0.780. The van der Waals surface area contributed by atoms with Crippen molar-refractivity contribution in [3.8, 4) is 0 Å². The molecule has 0 radical (unpaired) electrons. The molecule has 0 bridgehead atoms. The molecule has 0 heterocycles. The van der Waals surface area contributed by atoms with E-state index in [-0.39, 0.29) is 11.8 Å². The highest BCUT2D eigenvalue weighted by atomic mass is 16.1. The molecule has 3 rings (SSSR count). The molecule has 1 saturated carbocycles. The van der Waals surface area contributed by atoms with Gasteiger partial charge < -0.3 is 0 Å². The van der Waals surface area contributed by atoms with Crippen molar-refractivity contribution in [2.45, 2.75) is 25.2 Å². The van der Waals surface area contributed by atoms with Crippen LogP contribution in [0, 0.1) is 5.92 Å². The van der Waals surface area contributed by atoms with Gasteiger partial charge in [-0.15, -0.1) is 0 Å². The van der Waals surface area contributed by atoms with Gasteiger partial charge in [-0.2, -0.15) is 0 Å². The van der Waals surface area contributed by atoms with Gasteiger partial charge in [-0.3, -0.25) is 4.79 Å². The summed E-state index contributed by atoms with van der Waals surface area (Å²) in [6.07, 6.45) is 7.14. The van der Waals surface area contributed by atoms with Gasteiger partial charge in [0.2, 0.25) is 0 Å². The summed E-state index contributed by atoms with van der Waals surface area (Å²) in [5, 5.41) is 0. The fourth-order valence-corrected chi connectivity index (χ4v) is 3.15. The zero-order valence-electron chi connectivity index (χ0n) is 12.1. The standard InChI is InChI=1S/C20H20O/c21-20-13-7-12-19(20)18(17-10-5-2-6-11-17)15-14-16-8-3-1-4-9-16/h1-6,8-11,14-15,18-19H,7,12-13H2/b15-14+/t18-,19-/m0/s1. The number of Topliss-reactive ketones (excluding diaryl/α,β-unsaturated/α-hetero) is 1. The number of benzene rings is 2. The average molecular weight is 276 g/mol. The lowest BCUT2D eigenvalue weighted by molar-refractivity contribution is -0.120. The van der Waals surface area contributed by atoms with E-state index in [0.717, 1.165) is 19.3 Å². The van der Waals surface area contributed by atoms with E-state index in [1.165, 1.54) is 11.1 Å². The van der Waals surface area contributed by atoms with Crippen molar-refractivity contribution in [3.63, 3.8) is 0 Å². The molecule has 106 valence electrons. The number of rotatable bonds is 4. The fraction of sp³-hybridized carbons (Fsp3) is 0.250. The molecule has 1 heteroatoms. The smallest absolute Gasteiger partial charge is 0.136 e. The molecular weight excluding hydrogens is 256 g/mol. The highest BCUT2D eigenvalue weighted by Gasteiger charge is 2.31. The van der Waals surface area contributed by atoms with Crippen LogP contribution in [0.2, 0.25) is 0 Å². The van der Waals surface area contributed by atoms with E-state index in [1.54, 1.807) is 0 Å². The summed E-state index contributed by atoms with van der Waals surface area (Å²) in [6, 6.07) is 20.7. The zero-order chi connectivity index (χ0) is 14.5. The maximum atomic E-state index is 12.2. The molecule has 1 nitrogen and oxygen atoms in total. The first-order valence-corrected chi connectivity index (χ1v) is 7.65. The van der Waals surface area contributed by atoms with Crippen LogP contribution in [0.15, 0.2) is 66.7 Å². The van der Waals surface area contributed by atoms with Crippen LogP contribution in [0.3, 0.4) is 0 Å². The molecule has 2 aromatic rings. The van der Waals surface area contributed by atoms with Crippen LogP contribution >= 0.6 is 0 Å². The Bertz CT molecular complexity index is 613. The second-order valence-electron chi connectivity index (χ2n) is 5.67. The molecule has 2 atom stereocenters. The zero-order valence-corrected chi connectivity index (χ0v) is 12.1. The highest BCUT2D eigenvalue weighted by Crippen LogP contribution is 2.36. The van der Waals surface area contributed by atoms with Crippen molar-refractivity contribution >= 4 is 11.9 Å². The lowest BCUT2D eigenvalue weighted by atomic mass is 9.83. The van der Waals surface area contributed by atoms with E-state index in [0.29, 0.717) is 5.78 Å². The molecule has 0 amide bonds. The second kappa shape index (κ2) is 6.53. The predicted octanol–water partition coefficient (Wildman–Crippen LogP) is 4.85. The molecule has 0 spiro atoms. The van der Waals surface area contributed by atoms with Gasteiger partial charge in [0.05, 0.1) is 0 Å². The van der Waals surface area contributed by atoms with Crippen molar-refractivity contribution in [3.05, 3.63) is 77.9 Å². The third-order valence-electron chi connectivity index (χ3n) is 4.27. The minimum absolute atomic E-state index is 0.146. The number of carbonyl (C=O) groups is 1. The molecule has 0 aliphatic heterocycles. The van der Waals surface area contributed by atoms with Crippen LogP contribution in [0.1, 0.15) is 36.3 Å². The molecule has 1 aliphatic rings. The normalized spacial score (nSPS) is 20.0. The monoisotopic (exact) mass is 276 g/mol. The molecule has 0 aromatic heterocycles. The van der Waals surface area contributed by atoms with Gasteiger partial charge in [0.25, 0.3) is 0 Å². The second-order valence-corrected chi connectivity index (χ2v) is 5.67. The van der Waals surface area contributed by atoms with Gasteiger partial charge in [0.15, 0.2) is 0 Å². The predicted molar refractivity (Wildman–Crippen MR) is 87.0 cm³/mol. The Morgan fingerprint density at radius 2 is 1.62 bits per heavy atom. The SMILES string of the molecule is O=C1CCC[C@H]1[C@@H](/C=C/c1ccccc1)c1ccccc1. The summed E-state index contributed by atoms with van der Waals surface area (Å²) in [5.74, 6) is 0.760. The molecular formula is C20H20O. The number of ketones is 1. The van der Waals surface area contributed by atoms with Crippen molar-refractivity contribution in [2.24, 2.45) is 5.92 Å². The van der Waals surface area contributed by atoms with Crippen LogP contribution in [-0.2, 0) is 4.79 Å². The summed E-state index contributed by atoms with van der Waals surface area (Å²) in [4.78, 5) is 12.2. The van der Waals surface area contributed by atoms with Gasteiger partial charge >= 0.3 is 0 Å². The molecule has 2 aromatic carbocycles. The van der Waals surface area contributed by atoms with Crippen LogP contribution in [-0.4, -0.2) is 5.78 Å². The molecule has 0 unspecified atom stereocenters. The molecule has 21 heavy (non-hydrogen) atoms. The Labute approximate surface area is 126 Å². The van der Waals surface area contributed by atoms with Crippen LogP contribution in [0.25, 0.3) is 6.08 Å². The summed E-state index contributed by atoms with van der Waals surface area (Å²) in [7, 11) is 0. The van der Waals surface area contributed by atoms with Gasteiger partial charge in [0.1, 0.15) is 5.78 Å². The van der Waals surface area contributed by atoms with Crippen LogP contribution in [0.4, 0.5) is 0 Å². The van der Waals surface area contributed by atoms with Crippen molar-refractivity contribution in [2.75, 3.05) is 0 Å². The van der Waals surface area contributed by atoms with E-state index < -0.39 is 0 Å². The van der Waals surface area contributed by atoms with Gasteiger partial charge in [-0.05, 0) is 24.0 Å². The van der Waals surface area contributed by atoms with Crippen LogP contribution < -0.4 is 0 Å². The number of hydrogen-bond acceptors (Lipinski definition) is 1. The Morgan fingerprint density at radius 3 is 2.24 bits per heavy atom. The van der Waals surface area contributed by atoms with E-state index in [4.69, 9.17) is 0 Å². The van der Waals surface area contributed by atoms with Gasteiger partial charge in [-0.25, -0.2) is 0 Å². The first-order chi connectivity index (χ1) is 10.3. The van der Waals surface area contributed by atoms with Crippen molar-refractivity contribution in [1.82, 2.24) is 0 Å². The van der Waals surface area contributed by atoms with E-state index in [2.05, 4.69) is 48.6 Å². The molecule has 0 saturated heterocycles. The van der Waals surface area contributed by atoms with E-state index >= 15 is 0 Å². The summed E-state index contributed by atoms with van der Waals surface area (Å²) >= 11 is 0. The lowest BCUT2D eigenvalue weighted by Gasteiger charge is -2.19. The molecule has 1 fully saturated rings. The molecule has 1 aliphatic carbocycles. The average Bonchev–Trinajstić information content (AvgIpc) is 2.96. The summed E-state index contributed by atoms with van der Waals surface area (Å²) in [5.41, 5.74) is 2.42. The van der Waals surface area contributed by atoms with E-state index in [9.17, 15) is 4.79 Å².